The van der Waals surface area contributed by atoms with Crippen molar-refractivity contribution in [3.05, 3.63) is 0 Å². The molecule has 0 radical (unpaired) electrons. The first-order chi connectivity index (χ1) is 9.49. The van der Waals surface area contributed by atoms with Gasteiger partial charge >= 0.3 is 0 Å². The highest BCUT2D eigenvalue weighted by Crippen LogP contribution is 2.15. The summed E-state index contributed by atoms with van der Waals surface area (Å²) >= 11 is 0. The number of nitrogens with zero attached hydrogens (tertiary/aromatic N) is 3. The average Bonchev–Trinajstić information content (AvgIpc) is 2.42. The third kappa shape index (κ3) is 5.64. The van der Waals surface area contributed by atoms with Crippen molar-refractivity contribution < 1.29 is 4.74 Å². The molecule has 1 rings (SSSR count). The maximum atomic E-state index is 5.60. The largest absolute Gasteiger partial charge is 0.382 e. The van der Waals surface area contributed by atoms with Gasteiger partial charge in [0.2, 0.25) is 5.96 Å². The van der Waals surface area contributed by atoms with Crippen LogP contribution in [-0.4, -0.2) is 67.2 Å². The smallest absolute Gasteiger partial charge is 0.208 e. The van der Waals surface area contributed by atoms with Gasteiger partial charge in [-0.3, -0.25) is 15.3 Å². The van der Waals surface area contributed by atoms with Crippen molar-refractivity contribution in [2.45, 2.75) is 39.7 Å². The van der Waals surface area contributed by atoms with Crippen LogP contribution in [0.5, 0.6) is 0 Å². The molecular weight excluding hydrogens is 254 g/mol. The predicted molar refractivity (Wildman–Crippen MR) is 83.6 cm³/mol. The monoisotopic (exact) mass is 285 g/mol. The summed E-state index contributed by atoms with van der Waals surface area (Å²) in [5, 5.41) is 0. The van der Waals surface area contributed by atoms with E-state index in [1.807, 2.05) is 6.92 Å². The molecule has 6 heteroatoms. The number of aliphatic imine (C=N–C) groups is 1. The van der Waals surface area contributed by atoms with Crippen LogP contribution in [0.3, 0.4) is 0 Å². The normalized spacial score (nSPS) is 18.4. The van der Waals surface area contributed by atoms with Crippen molar-refractivity contribution in [1.29, 1.82) is 0 Å². The van der Waals surface area contributed by atoms with Crippen LogP contribution in [0.1, 0.15) is 34.1 Å². The predicted octanol–water partition coefficient (Wildman–Crippen LogP) is 0.648. The number of rotatable bonds is 5. The minimum Gasteiger partial charge on any atom is -0.382 e. The summed E-state index contributed by atoms with van der Waals surface area (Å²) < 4.78 is 5.30. The Balaban J connectivity index is 2.38. The number of hydrogen-bond acceptors (Lipinski definition) is 4. The number of nitrogens with two attached hydrogens (primary N) is 1. The first-order valence-corrected chi connectivity index (χ1v) is 7.58. The Morgan fingerprint density at radius 3 is 2.40 bits per heavy atom. The zero-order valence-corrected chi connectivity index (χ0v) is 13.5. The van der Waals surface area contributed by atoms with E-state index < -0.39 is 0 Å². The van der Waals surface area contributed by atoms with Gasteiger partial charge in [-0.1, -0.05) is 0 Å². The lowest BCUT2D eigenvalue weighted by Crippen LogP contribution is -2.57. The molecule has 1 fully saturated rings. The second kappa shape index (κ2) is 8.44. The quantitative estimate of drug-likeness (QED) is 0.255. The van der Waals surface area contributed by atoms with Crippen molar-refractivity contribution in [3.8, 4) is 0 Å². The molecule has 20 heavy (non-hydrogen) atoms. The third-order valence-corrected chi connectivity index (χ3v) is 3.57. The van der Waals surface area contributed by atoms with E-state index in [4.69, 9.17) is 10.6 Å². The molecule has 1 aliphatic rings. The summed E-state index contributed by atoms with van der Waals surface area (Å²) in [7, 11) is 0. The van der Waals surface area contributed by atoms with Crippen LogP contribution in [-0.2, 0) is 4.74 Å². The van der Waals surface area contributed by atoms with Crippen molar-refractivity contribution in [2.75, 3.05) is 45.9 Å². The molecule has 0 unspecified atom stereocenters. The molecule has 0 bridgehead atoms. The summed E-state index contributed by atoms with van der Waals surface area (Å²) in [6.45, 7) is 15.1. The standard InChI is InChI=1S/C14H31N5O/c1-5-20-12-6-7-16-13(17-15)18-8-10-19(11-9-18)14(2,3)4/h5-12,15H2,1-4H3,(H,16,17). The molecule has 6 nitrogen and oxygen atoms in total. The van der Waals surface area contributed by atoms with Gasteiger partial charge in [0.25, 0.3) is 0 Å². The van der Waals surface area contributed by atoms with Gasteiger partial charge < -0.3 is 9.64 Å². The molecule has 0 atom stereocenters. The highest BCUT2D eigenvalue weighted by molar-refractivity contribution is 5.79. The lowest BCUT2D eigenvalue weighted by Gasteiger charge is -2.42. The number of piperazine rings is 1. The van der Waals surface area contributed by atoms with Crippen LogP contribution >= 0.6 is 0 Å². The number of hydrogen-bond donors (Lipinski definition) is 2. The van der Waals surface area contributed by atoms with E-state index in [0.717, 1.165) is 58.3 Å². The Morgan fingerprint density at radius 1 is 1.25 bits per heavy atom. The van der Waals surface area contributed by atoms with Crippen LogP contribution in [0.25, 0.3) is 0 Å². The van der Waals surface area contributed by atoms with E-state index in [1.165, 1.54) is 0 Å². The second-order valence-electron chi connectivity index (χ2n) is 6.05. The molecule has 0 aromatic heterocycles. The lowest BCUT2D eigenvalue weighted by molar-refractivity contribution is 0.0869. The van der Waals surface area contributed by atoms with Crippen LogP contribution in [0.2, 0.25) is 0 Å². The highest BCUT2D eigenvalue weighted by Gasteiger charge is 2.26. The molecule has 1 aliphatic heterocycles. The molecule has 0 saturated carbocycles. The first kappa shape index (κ1) is 17.2. The SMILES string of the molecule is CCOCCCN=C(NN)N1CCN(C(C)(C)C)CC1. The van der Waals surface area contributed by atoms with Gasteiger partial charge in [-0.15, -0.1) is 0 Å². The van der Waals surface area contributed by atoms with Gasteiger partial charge in [-0.05, 0) is 34.1 Å². The topological polar surface area (TPSA) is 66.1 Å². The van der Waals surface area contributed by atoms with Crippen LogP contribution in [0, 0.1) is 0 Å². The van der Waals surface area contributed by atoms with Crippen LogP contribution in [0.4, 0.5) is 0 Å². The van der Waals surface area contributed by atoms with Crippen molar-refractivity contribution >= 4 is 5.96 Å². The minimum atomic E-state index is 0.233. The van der Waals surface area contributed by atoms with E-state index in [0.29, 0.717) is 0 Å². The number of ether oxygens (including phenoxy) is 1. The third-order valence-electron chi connectivity index (χ3n) is 3.57. The summed E-state index contributed by atoms with van der Waals surface area (Å²) in [6.07, 6.45) is 0.932. The van der Waals surface area contributed by atoms with E-state index in [2.05, 4.69) is 41.0 Å². The van der Waals surface area contributed by atoms with E-state index in [9.17, 15) is 0 Å². The van der Waals surface area contributed by atoms with Crippen LogP contribution < -0.4 is 11.3 Å². The van der Waals surface area contributed by atoms with Gasteiger partial charge in [-0.25, -0.2) is 5.84 Å². The fraction of sp³-hybridized carbons (Fsp3) is 0.929. The molecule has 3 N–H and O–H groups in total. The maximum Gasteiger partial charge on any atom is 0.208 e. The Morgan fingerprint density at radius 2 is 1.90 bits per heavy atom. The molecule has 0 amide bonds. The summed E-state index contributed by atoms with van der Waals surface area (Å²) in [6, 6.07) is 0. The van der Waals surface area contributed by atoms with Crippen LogP contribution in [0.15, 0.2) is 4.99 Å². The Kier molecular flexibility index (Phi) is 7.26. The maximum absolute atomic E-state index is 5.60. The minimum absolute atomic E-state index is 0.233. The molecule has 118 valence electrons. The van der Waals surface area contributed by atoms with Crippen molar-refractivity contribution in [2.24, 2.45) is 10.8 Å². The number of nitrogens with one attached hydrogen (secondary N) is 1. The molecular formula is C14H31N5O. The Labute approximate surface area is 123 Å². The van der Waals surface area contributed by atoms with Gasteiger partial charge in [-0.2, -0.15) is 0 Å². The molecule has 1 saturated heterocycles. The highest BCUT2D eigenvalue weighted by atomic mass is 16.5. The van der Waals surface area contributed by atoms with Crippen molar-refractivity contribution in [3.63, 3.8) is 0 Å². The molecule has 0 aliphatic carbocycles. The molecule has 0 aromatic carbocycles. The summed E-state index contributed by atoms with van der Waals surface area (Å²) in [5.74, 6) is 6.40. The zero-order chi connectivity index (χ0) is 15.0. The lowest BCUT2D eigenvalue weighted by atomic mass is 10.1. The van der Waals surface area contributed by atoms with E-state index in [-0.39, 0.29) is 5.54 Å². The first-order valence-electron chi connectivity index (χ1n) is 7.58. The molecule has 1 heterocycles. The fourth-order valence-electron chi connectivity index (χ4n) is 2.32. The molecule has 0 aromatic rings. The Hall–Kier alpha value is -0.850. The molecule has 0 spiro atoms. The van der Waals surface area contributed by atoms with Gasteiger partial charge in [0.05, 0.1) is 0 Å². The average molecular weight is 285 g/mol. The fourth-order valence-corrected chi connectivity index (χ4v) is 2.32. The van der Waals surface area contributed by atoms with Crippen molar-refractivity contribution in [1.82, 2.24) is 15.2 Å². The summed E-state index contributed by atoms with van der Waals surface area (Å²) in [4.78, 5) is 9.25. The Bertz CT molecular complexity index is 292. The number of hydrazine groups is 1. The van der Waals surface area contributed by atoms with Gasteiger partial charge in [0, 0.05) is 51.5 Å². The van der Waals surface area contributed by atoms with Gasteiger partial charge in [0.15, 0.2) is 0 Å². The zero-order valence-electron chi connectivity index (χ0n) is 13.5. The number of guanidine groups is 1. The van der Waals surface area contributed by atoms with E-state index >= 15 is 0 Å². The summed E-state index contributed by atoms with van der Waals surface area (Å²) in [5.41, 5.74) is 2.97. The van der Waals surface area contributed by atoms with E-state index in [1.54, 1.807) is 0 Å². The second-order valence-corrected chi connectivity index (χ2v) is 6.05. The van der Waals surface area contributed by atoms with Gasteiger partial charge in [0.1, 0.15) is 0 Å².